The minimum atomic E-state index is -1.04. The minimum Gasteiger partial charge on any atom is -0.496 e. The van der Waals surface area contributed by atoms with Crippen LogP contribution in [0.2, 0.25) is 5.02 Å². The van der Waals surface area contributed by atoms with E-state index in [4.69, 9.17) is 21.4 Å². The lowest BCUT2D eigenvalue weighted by molar-refractivity contribution is -0.136. The van der Waals surface area contributed by atoms with E-state index >= 15 is 0 Å². The van der Waals surface area contributed by atoms with Crippen LogP contribution in [0.5, 0.6) is 5.75 Å². The molecule has 0 saturated carbocycles. The van der Waals surface area contributed by atoms with Gasteiger partial charge in [0, 0.05) is 22.1 Å². The number of carbonyl (C=O) groups excluding carboxylic acids is 1. The first-order chi connectivity index (χ1) is 11.4. The monoisotopic (exact) mass is 411 g/mol. The molecule has 0 aliphatic heterocycles. The first kappa shape index (κ1) is 18.3. The predicted octanol–water partition coefficient (Wildman–Crippen LogP) is 3.67. The van der Waals surface area contributed by atoms with Crippen LogP contribution >= 0.6 is 27.5 Å². The zero-order valence-corrected chi connectivity index (χ0v) is 15.1. The smallest absolute Gasteiger partial charge is 0.307 e. The van der Waals surface area contributed by atoms with Crippen molar-refractivity contribution in [1.82, 2.24) is 5.32 Å². The van der Waals surface area contributed by atoms with E-state index in [0.717, 1.165) is 5.56 Å². The van der Waals surface area contributed by atoms with Crippen LogP contribution in [-0.4, -0.2) is 24.1 Å². The number of para-hydroxylation sites is 1. The summed E-state index contributed by atoms with van der Waals surface area (Å²) in [6.45, 7) is 0.260. The number of aliphatic carboxylic acids is 1. The lowest BCUT2D eigenvalue weighted by Crippen LogP contribution is -2.25. The van der Waals surface area contributed by atoms with Gasteiger partial charge in [-0.2, -0.15) is 0 Å². The number of carbonyl (C=O) groups is 2. The molecular weight excluding hydrogens is 398 g/mol. The Hall–Kier alpha value is -2.05. The Morgan fingerprint density at radius 3 is 2.62 bits per heavy atom. The summed E-state index contributed by atoms with van der Waals surface area (Å²) in [6, 6.07) is 10.3. The number of hydrogen-bond donors (Lipinski definition) is 2. The second kappa shape index (κ2) is 8.17. The van der Waals surface area contributed by atoms with E-state index in [1.165, 1.54) is 12.1 Å². The van der Waals surface area contributed by atoms with Crippen molar-refractivity contribution in [2.24, 2.45) is 0 Å². The fourth-order valence-corrected chi connectivity index (χ4v) is 2.76. The second-order valence-corrected chi connectivity index (χ2v) is 6.25. The normalized spacial score (nSPS) is 10.3. The summed E-state index contributed by atoms with van der Waals surface area (Å²) >= 11 is 9.25. The molecule has 2 aromatic rings. The standard InChI is InChI=1S/C17H15BrClNO4/c1-24-15-5-3-2-4-10(15)9-20-17(23)12-8-13(18)14(19)6-11(12)7-16(21)22/h2-6,8H,7,9H2,1H3,(H,20,23)(H,21,22). The van der Waals surface area contributed by atoms with E-state index in [-0.39, 0.29) is 24.4 Å². The second-order valence-electron chi connectivity index (χ2n) is 4.99. The molecule has 2 rings (SSSR count). The molecule has 0 aliphatic carbocycles. The molecule has 126 valence electrons. The number of hydrogen-bond acceptors (Lipinski definition) is 3. The Bertz CT molecular complexity index is 779. The number of nitrogens with one attached hydrogen (secondary N) is 1. The highest BCUT2D eigenvalue weighted by Crippen LogP contribution is 2.27. The number of amides is 1. The number of rotatable bonds is 6. The van der Waals surface area contributed by atoms with Gasteiger partial charge in [-0.25, -0.2) is 0 Å². The molecule has 0 fully saturated rings. The number of methoxy groups -OCH3 is 1. The quantitative estimate of drug-likeness (QED) is 0.759. The zero-order chi connectivity index (χ0) is 17.7. The maximum Gasteiger partial charge on any atom is 0.307 e. The van der Waals surface area contributed by atoms with Gasteiger partial charge in [-0.15, -0.1) is 0 Å². The molecule has 2 aromatic carbocycles. The number of carboxylic acid groups (broad SMARTS) is 1. The van der Waals surface area contributed by atoms with Crippen molar-refractivity contribution in [2.75, 3.05) is 7.11 Å². The van der Waals surface area contributed by atoms with Gasteiger partial charge < -0.3 is 15.2 Å². The number of benzene rings is 2. The van der Waals surface area contributed by atoms with Crippen LogP contribution < -0.4 is 10.1 Å². The van der Waals surface area contributed by atoms with E-state index in [2.05, 4.69) is 21.2 Å². The van der Waals surface area contributed by atoms with E-state index in [1.807, 2.05) is 18.2 Å². The number of ether oxygens (including phenoxy) is 1. The Labute approximate surface area is 152 Å². The van der Waals surface area contributed by atoms with Crippen molar-refractivity contribution in [3.63, 3.8) is 0 Å². The summed E-state index contributed by atoms with van der Waals surface area (Å²) in [4.78, 5) is 23.5. The summed E-state index contributed by atoms with van der Waals surface area (Å²) < 4.78 is 5.77. The van der Waals surface area contributed by atoms with Gasteiger partial charge in [-0.05, 0) is 39.7 Å². The van der Waals surface area contributed by atoms with Crippen molar-refractivity contribution < 1.29 is 19.4 Å². The van der Waals surface area contributed by atoms with E-state index < -0.39 is 5.97 Å². The lowest BCUT2D eigenvalue weighted by Gasteiger charge is -2.12. The Morgan fingerprint density at radius 1 is 1.25 bits per heavy atom. The first-order valence-electron chi connectivity index (χ1n) is 7.02. The number of halogens is 2. The third-order valence-electron chi connectivity index (χ3n) is 3.36. The topological polar surface area (TPSA) is 75.6 Å². The lowest BCUT2D eigenvalue weighted by atomic mass is 10.0. The van der Waals surface area contributed by atoms with Crippen LogP contribution in [0.3, 0.4) is 0 Å². The number of carboxylic acids is 1. The SMILES string of the molecule is COc1ccccc1CNC(=O)c1cc(Br)c(Cl)cc1CC(=O)O. The molecule has 7 heteroatoms. The van der Waals surface area contributed by atoms with Gasteiger partial charge in [-0.1, -0.05) is 29.8 Å². The molecule has 1 amide bonds. The molecule has 2 N–H and O–H groups in total. The van der Waals surface area contributed by atoms with Crippen LogP contribution in [0.1, 0.15) is 21.5 Å². The van der Waals surface area contributed by atoms with Gasteiger partial charge in [0.25, 0.3) is 5.91 Å². The molecule has 0 unspecified atom stereocenters. The van der Waals surface area contributed by atoms with Gasteiger partial charge in [-0.3, -0.25) is 9.59 Å². The summed E-state index contributed by atoms with van der Waals surface area (Å²) in [5.41, 5.74) is 1.44. The van der Waals surface area contributed by atoms with Gasteiger partial charge in [0.05, 0.1) is 18.6 Å². The fraction of sp³-hybridized carbons (Fsp3) is 0.176. The van der Waals surface area contributed by atoms with Gasteiger partial charge >= 0.3 is 5.97 Å². The van der Waals surface area contributed by atoms with Gasteiger partial charge in [0.15, 0.2) is 0 Å². The highest BCUT2D eigenvalue weighted by molar-refractivity contribution is 9.10. The Morgan fingerprint density at radius 2 is 1.96 bits per heavy atom. The molecule has 0 saturated heterocycles. The maximum absolute atomic E-state index is 12.5. The summed E-state index contributed by atoms with van der Waals surface area (Å²) in [6.07, 6.45) is -0.287. The van der Waals surface area contributed by atoms with Gasteiger partial charge in [0.2, 0.25) is 0 Å². The molecular formula is C17H15BrClNO4. The summed E-state index contributed by atoms with van der Waals surface area (Å²) in [7, 11) is 1.56. The first-order valence-corrected chi connectivity index (χ1v) is 8.19. The van der Waals surface area contributed by atoms with Crippen LogP contribution in [0, 0.1) is 0 Å². The Balaban J connectivity index is 2.22. The van der Waals surface area contributed by atoms with Crippen molar-refractivity contribution in [2.45, 2.75) is 13.0 Å². The van der Waals surface area contributed by atoms with Crippen LogP contribution in [-0.2, 0) is 17.8 Å². The van der Waals surface area contributed by atoms with Gasteiger partial charge in [0.1, 0.15) is 5.75 Å². The van der Waals surface area contributed by atoms with E-state index in [9.17, 15) is 9.59 Å². The van der Waals surface area contributed by atoms with Crippen LogP contribution in [0.4, 0.5) is 0 Å². The molecule has 0 aromatic heterocycles. The average molecular weight is 413 g/mol. The molecule has 0 atom stereocenters. The molecule has 24 heavy (non-hydrogen) atoms. The molecule has 0 aliphatic rings. The van der Waals surface area contributed by atoms with Crippen molar-refractivity contribution >= 4 is 39.4 Å². The van der Waals surface area contributed by atoms with Crippen molar-refractivity contribution in [1.29, 1.82) is 0 Å². The summed E-state index contributed by atoms with van der Waals surface area (Å²) in [5.74, 6) is -0.748. The highest BCUT2D eigenvalue weighted by Gasteiger charge is 2.17. The minimum absolute atomic E-state index is 0.260. The van der Waals surface area contributed by atoms with Crippen LogP contribution in [0.15, 0.2) is 40.9 Å². The summed E-state index contributed by atoms with van der Waals surface area (Å²) in [5, 5.41) is 12.1. The largest absolute Gasteiger partial charge is 0.496 e. The molecule has 0 radical (unpaired) electrons. The third-order valence-corrected chi connectivity index (χ3v) is 4.56. The third kappa shape index (κ3) is 4.49. The molecule has 0 heterocycles. The molecule has 0 bridgehead atoms. The zero-order valence-electron chi connectivity index (χ0n) is 12.8. The average Bonchev–Trinajstić information content (AvgIpc) is 2.55. The molecule has 0 spiro atoms. The predicted molar refractivity (Wildman–Crippen MR) is 94.7 cm³/mol. The van der Waals surface area contributed by atoms with E-state index in [1.54, 1.807) is 13.2 Å². The van der Waals surface area contributed by atoms with Crippen molar-refractivity contribution in [3.8, 4) is 5.75 Å². The maximum atomic E-state index is 12.5. The Kier molecular flexibility index (Phi) is 6.23. The highest BCUT2D eigenvalue weighted by atomic mass is 79.9. The fourth-order valence-electron chi connectivity index (χ4n) is 2.23. The van der Waals surface area contributed by atoms with Crippen LogP contribution in [0.25, 0.3) is 0 Å². The molecule has 5 nitrogen and oxygen atoms in total. The van der Waals surface area contributed by atoms with E-state index in [0.29, 0.717) is 20.8 Å². The van der Waals surface area contributed by atoms with Crippen molar-refractivity contribution in [3.05, 3.63) is 62.6 Å².